The van der Waals surface area contributed by atoms with Crippen molar-refractivity contribution in [2.45, 2.75) is 32.1 Å². The van der Waals surface area contributed by atoms with Gasteiger partial charge in [-0.25, -0.2) is 9.97 Å². The number of nitrogens with one attached hydrogen (secondary N) is 2. The zero-order chi connectivity index (χ0) is 19.1. The molecule has 2 aromatic rings. The maximum absolute atomic E-state index is 12.4. The lowest BCUT2D eigenvalue weighted by Gasteiger charge is -2.13. The minimum absolute atomic E-state index is 0.167. The predicted octanol–water partition coefficient (Wildman–Crippen LogP) is 3.91. The maximum atomic E-state index is 12.4. The fourth-order valence-corrected chi connectivity index (χ4v) is 3.08. The van der Waals surface area contributed by atoms with Crippen LogP contribution in [0.2, 0.25) is 0 Å². The Labute approximate surface area is 160 Å². The topological polar surface area (TPSA) is 70.2 Å². The van der Waals surface area contributed by atoms with Gasteiger partial charge in [-0.2, -0.15) is 0 Å². The van der Waals surface area contributed by atoms with E-state index in [4.69, 9.17) is 0 Å². The second-order valence-corrected chi connectivity index (χ2v) is 6.95. The average Bonchev–Trinajstić information content (AvgIpc) is 2.69. The number of allylic oxidation sites excluding steroid dienone is 1. The van der Waals surface area contributed by atoms with Gasteiger partial charge in [-0.3, -0.25) is 4.79 Å². The molecule has 2 N–H and O–H groups in total. The molecule has 6 heteroatoms. The van der Waals surface area contributed by atoms with Crippen molar-refractivity contribution in [3.8, 4) is 0 Å². The van der Waals surface area contributed by atoms with Gasteiger partial charge in [0.05, 0.1) is 0 Å². The van der Waals surface area contributed by atoms with Crippen molar-refractivity contribution in [1.82, 2.24) is 15.3 Å². The second kappa shape index (κ2) is 9.16. The van der Waals surface area contributed by atoms with Crippen LogP contribution in [0, 0.1) is 0 Å². The summed E-state index contributed by atoms with van der Waals surface area (Å²) in [6.45, 7) is 0.642. The highest BCUT2D eigenvalue weighted by Crippen LogP contribution is 2.20. The van der Waals surface area contributed by atoms with Crippen LogP contribution in [-0.2, 0) is 0 Å². The molecule has 0 fully saturated rings. The van der Waals surface area contributed by atoms with Gasteiger partial charge in [0.15, 0.2) is 0 Å². The van der Waals surface area contributed by atoms with Crippen molar-refractivity contribution >= 4 is 23.2 Å². The van der Waals surface area contributed by atoms with Gasteiger partial charge >= 0.3 is 0 Å². The van der Waals surface area contributed by atoms with Crippen LogP contribution in [0.1, 0.15) is 42.6 Å². The Morgan fingerprint density at radius 2 is 1.96 bits per heavy atom. The third-order valence-electron chi connectivity index (χ3n) is 4.64. The summed E-state index contributed by atoms with van der Waals surface area (Å²) in [5.74, 6) is 0.245. The molecule has 0 radical (unpaired) electrons. The van der Waals surface area contributed by atoms with E-state index in [0.29, 0.717) is 18.2 Å². The zero-order valence-electron chi connectivity index (χ0n) is 16.0. The van der Waals surface area contributed by atoms with Crippen molar-refractivity contribution in [3.63, 3.8) is 0 Å². The Morgan fingerprint density at radius 1 is 1.15 bits per heavy atom. The van der Waals surface area contributed by atoms with E-state index < -0.39 is 0 Å². The molecule has 1 amide bonds. The highest BCUT2D eigenvalue weighted by atomic mass is 16.1. The number of hydrogen-bond donors (Lipinski definition) is 2. The number of nitrogens with zero attached hydrogens (tertiary/aromatic N) is 3. The van der Waals surface area contributed by atoms with Crippen LogP contribution in [0.3, 0.4) is 0 Å². The molecule has 0 saturated carbocycles. The SMILES string of the molecule is CN(C)c1ccc(Nc2nccc(C(=O)NCCC3=CCCCC3)n2)cc1. The Morgan fingerprint density at radius 3 is 2.67 bits per heavy atom. The highest BCUT2D eigenvalue weighted by Gasteiger charge is 2.10. The minimum atomic E-state index is -0.167. The third-order valence-corrected chi connectivity index (χ3v) is 4.64. The van der Waals surface area contributed by atoms with E-state index in [-0.39, 0.29) is 5.91 Å². The smallest absolute Gasteiger partial charge is 0.270 e. The molecule has 0 aliphatic heterocycles. The highest BCUT2D eigenvalue weighted by molar-refractivity contribution is 5.92. The van der Waals surface area contributed by atoms with Crippen LogP contribution in [0.4, 0.5) is 17.3 Å². The molecule has 6 nitrogen and oxygen atoms in total. The number of anilines is 3. The largest absolute Gasteiger partial charge is 0.378 e. The molecule has 1 aliphatic rings. The standard InChI is InChI=1S/C21H27N5O/c1-26(2)18-10-8-17(9-11-18)24-21-23-15-13-19(25-21)20(27)22-14-12-16-6-4-3-5-7-16/h6,8-11,13,15H,3-5,7,12,14H2,1-2H3,(H,22,27)(H,23,24,25). The molecule has 3 rings (SSSR count). The molecular weight excluding hydrogens is 338 g/mol. The van der Waals surface area contributed by atoms with Gasteiger partial charge in [-0.1, -0.05) is 11.6 Å². The number of aromatic nitrogens is 2. The van der Waals surface area contributed by atoms with Crippen molar-refractivity contribution < 1.29 is 4.79 Å². The predicted molar refractivity (Wildman–Crippen MR) is 110 cm³/mol. The first-order valence-electron chi connectivity index (χ1n) is 9.45. The normalized spacial score (nSPS) is 13.6. The van der Waals surface area contributed by atoms with Gasteiger partial charge in [0, 0.05) is 38.2 Å². The van der Waals surface area contributed by atoms with Gasteiger partial charge in [0.25, 0.3) is 5.91 Å². The summed E-state index contributed by atoms with van der Waals surface area (Å²) in [6, 6.07) is 9.58. The fourth-order valence-electron chi connectivity index (χ4n) is 3.08. The quantitative estimate of drug-likeness (QED) is 0.728. The van der Waals surface area contributed by atoms with Gasteiger partial charge in [-0.05, 0) is 62.4 Å². The van der Waals surface area contributed by atoms with Gasteiger partial charge < -0.3 is 15.5 Å². The lowest BCUT2D eigenvalue weighted by atomic mass is 9.97. The van der Waals surface area contributed by atoms with Gasteiger partial charge in [-0.15, -0.1) is 0 Å². The number of amides is 1. The van der Waals surface area contributed by atoms with E-state index in [0.717, 1.165) is 24.2 Å². The van der Waals surface area contributed by atoms with Crippen molar-refractivity contribution in [1.29, 1.82) is 0 Å². The lowest BCUT2D eigenvalue weighted by molar-refractivity contribution is 0.0949. The van der Waals surface area contributed by atoms with Gasteiger partial charge in [0.2, 0.25) is 5.95 Å². The molecule has 27 heavy (non-hydrogen) atoms. The summed E-state index contributed by atoms with van der Waals surface area (Å²) in [6.07, 6.45) is 9.69. The molecule has 0 unspecified atom stereocenters. The van der Waals surface area contributed by atoms with Crippen LogP contribution in [0.15, 0.2) is 48.2 Å². The van der Waals surface area contributed by atoms with Crippen LogP contribution >= 0.6 is 0 Å². The summed E-state index contributed by atoms with van der Waals surface area (Å²) in [5, 5.41) is 6.10. The first-order chi connectivity index (χ1) is 13.1. The van der Waals surface area contributed by atoms with E-state index in [9.17, 15) is 4.79 Å². The fraction of sp³-hybridized carbons (Fsp3) is 0.381. The molecular formula is C21H27N5O. The summed E-state index contributed by atoms with van der Waals surface area (Å²) in [4.78, 5) is 22.9. The van der Waals surface area contributed by atoms with Crippen molar-refractivity contribution in [3.05, 3.63) is 53.9 Å². The monoisotopic (exact) mass is 365 g/mol. The van der Waals surface area contributed by atoms with E-state index in [1.807, 2.05) is 43.3 Å². The molecule has 1 aromatic heterocycles. The summed E-state index contributed by atoms with van der Waals surface area (Å²) < 4.78 is 0. The van der Waals surface area contributed by atoms with E-state index >= 15 is 0 Å². The third kappa shape index (κ3) is 5.54. The lowest BCUT2D eigenvalue weighted by Crippen LogP contribution is -2.26. The Bertz CT molecular complexity index is 798. The maximum Gasteiger partial charge on any atom is 0.270 e. The first kappa shape index (κ1) is 18.9. The van der Waals surface area contributed by atoms with Crippen LogP contribution in [0.5, 0.6) is 0 Å². The van der Waals surface area contributed by atoms with Crippen LogP contribution in [-0.4, -0.2) is 36.5 Å². The number of carbonyl (C=O) groups excluding carboxylic acids is 1. The van der Waals surface area contributed by atoms with Crippen LogP contribution in [0.25, 0.3) is 0 Å². The molecule has 1 aromatic carbocycles. The molecule has 0 atom stereocenters. The molecule has 142 valence electrons. The Balaban J connectivity index is 1.55. The van der Waals surface area contributed by atoms with Gasteiger partial charge in [0.1, 0.15) is 5.69 Å². The number of benzene rings is 1. The minimum Gasteiger partial charge on any atom is -0.378 e. The number of rotatable bonds is 7. The van der Waals surface area contributed by atoms with E-state index in [1.54, 1.807) is 12.3 Å². The van der Waals surface area contributed by atoms with Crippen molar-refractivity contribution in [2.24, 2.45) is 0 Å². The molecule has 0 bridgehead atoms. The molecule has 1 heterocycles. The summed E-state index contributed by atoms with van der Waals surface area (Å²) in [7, 11) is 4.00. The Hall–Kier alpha value is -2.89. The van der Waals surface area contributed by atoms with E-state index in [2.05, 4.69) is 26.7 Å². The number of carbonyl (C=O) groups is 1. The first-order valence-corrected chi connectivity index (χ1v) is 9.45. The molecule has 0 saturated heterocycles. The number of hydrogen-bond acceptors (Lipinski definition) is 5. The average molecular weight is 365 g/mol. The Kier molecular flexibility index (Phi) is 6.41. The summed E-state index contributed by atoms with van der Waals surface area (Å²) in [5.41, 5.74) is 3.81. The van der Waals surface area contributed by atoms with Crippen LogP contribution < -0.4 is 15.5 Å². The molecule has 1 aliphatic carbocycles. The second-order valence-electron chi connectivity index (χ2n) is 6.95. The zero-order valence-corrected chi connectivity index (χ0v) is 16.0. The van der Waals surface area contributed by atoms with E-state index in [1.165, 1.54) is 24.8 Å². The van der Waals surface area contributed by atoms with Crippen molar-refractivity contribution in [2.75, 3.05) is 30.9 Å². The summed E-state index contributed by atoms with van der Waals surface area (Å²) >= 11 is 0. The molecule has 0 spiro atoms.